The zero-order valence-electron chi connectivity index (χ0n) is 18.4. The predicted molar refractivity (Wildman–Crippen MR) is 127 cm³/mol. The van der Waals surface area contributed by atoms with E-state index in [9.17, 15) is 14.7 Å². The maximum atomic E-state index is 12.6. The molecule has 33 heavy (non-hydrogen) atoms. The maximum Gasteiger partial charge on any atom is 0.237 e. The Balaban J connectivity index is 1.22. The summed E-state index contributed by atoms with van der Waals surface area (Å²) in [4.78, 5) is 37.0. The van der Waals surface area contributed by atoms with Gasteiger partial charge in [0.05, 0.1) is 12.1 Å². The van der Waals surface area contributed by atoms with Gasteiger partial charge in [-0.15, -0.1) is 0 Å². The van der Waals surface area contributed by atoms with Crippen molar-refractivity contribution in [1.82, 2.24) is 19.8 Å². The average Bonchev–Trinajstić information content (AvgIpc) is 2.80. The fourth-order valence-corrected chi connectivity index (χ4v) is 3.89. The van der Waals surface area contributed by atoms with Crippen molar-refractivity contribution in [3.63, 3.8) is 0 Å². The Morgan fingerprint density at radius 2 is 1.94 bits per heavy atom. The highest BCUT2D eigenvalue weighted by Crippen LogP contribution is 2.19. The minimum Gasteiger partial charge on any atom is -0.508 e. The molecule has 3 N–H and O–H groups in total. The first-order valence-corrected chi connectivity index (χ1v) is 11.0. The molecule has 0 atom stereocenters. The van der Waals surface area contributed by atoms with Crippen LogP contribution in [0.15, 0.2) is 54.9 Å². The Morgan fingerprint density at radius 3 is 2.73 bits per heavy atom. The standard InChI is InChI=1S/C25H27N5O3/c26-25-22-10-6-19(14-23(22)27-17-28-25)15-30-13-12-29(16-24(30)33)11-1-2-20(31)7-3-18-4-8-21(32)9-5-18/h3-10,14,17,32H,1-2,11-13,15-16H2,(H2,26,27,28). The normalized spacial score (nSPS) is 14.9. The van der Waals surface area contributed by atoms with Gasteiger partial charge in [-0.3, -0.25) is 14.5 Å². The number of rotatable bonds is 8. The minimum atomic E-state index is 0.0498. The Labute approximate surface area is 192 Å². The third-order valence-electron chi connectivity index (χ3n) is 5.76. The summed E-state index contributed by atoms with van der Waals surface area (Å²) in [6, 6.07) is 12.5. The number of phenols is 1. The number of amides is 1. The van der Waals surface area contributed by atoms with Crippen molar-refractivity contribution in [3.8, 4) is 5.75 Å². The summed E-state index contributed by atoms with van der Waals surface area (Å²) in [5.41, 5.74) is 8.53. The maximum absolute atomic E-state index is 12.6. The van der Waals surface area contributed by atoms with E-state index in [2.05, 4.69) is 14.9 Å². The van der Waals surface area contributed by atoms with Gasteiger partial charge in [0.25, 0.3) is 0 Å². The van der Waals surface area contributed by atoms with Gasteiger partial charge >= 0.3 is 0 Å². The van der Waals surface area contributed by atoms with E-state index in [0.717, 1.165) is 28.6 Å². The van der Waals surface area contributed by atoms with E-state index < -0.39 is 0 Å². The van der Waals surface area contributed by atoms with Crippen molar-refractivity contribution in [2.75, 3.05) is 31.9 Å². The fraction of sp³-hybridized carbons (Fsp3) is 0.280. The molecule has 0 spiro atoms. The van der Waals surface area contributed by atoms with Crippen LogP contribution in [-0.2, 0) is 16.1 Å². The van der Waals surface area contributed by atoms with Crippen LogP contribution in [0.2, 0.25) is 0 Å². The van der Waals surface area contributed by atoms with Crippen LogP contribution in [0.25, 0.3) is 17.0 Å². The number of hydrogen-bond donors (Lipinski definition) is 2. The van der Waals surface area contributed by atoms with E-state index in [1.807, 2.05) is 23.1 Å². The summed E-state index contributed by atoms with van der Waals surface area (Å²) in [5.74, 6) is 0.784. The number of nitrogens with two attached hydrogens (primary N) is 1. The molecule has 1 saturated heterocycles. The van der Waals surface area contributed by atoms with Gasteiger partial charge in [-0.1, -0.05) is 24.3 Å². The van der Waals surface area contributed by atoms with Crippen LogP contribution in [-0.4, -0.2) is 62.7 Å². The molecule has 1 aliphatic rings. The van der Waals surface area contributed by atoms with Gasteiger partial charge in [-0.25, -0.2) is 9.97 Å². The number of nitrogen functional groups attached to an aromatic ring is 1. The van der Waals surface area contributed by atoms with Crippen molar-refractivity contribution >= 4 is 34.5 Å². The number of allylic oxidation sites excluding steroid dienone is 1. The molecule has 8 heteroatoms. The summed E-state index contributed by atoms with van der Waals surface area (Å²) in [7, 11) is 0. The number of benzene rings is 2. The van der Waals surface area contributed by atoms with E-state index in [4.69, 9.17) is 5.73 Å². The van der Waals surface area contributed by atoms with E-state index in [1.165, 1.54) is 6.33 Å². The topological polar surface area (TPSA) is 113 Å². The van der Waals surface area contributed by atoms with Gasteiger partial charge in [0.15, 0.2) is 5.78 Å². The van der Waals surface area contributed by atoms with Crippen LogP contribution >= 0.6 is 0 Å². The number of fused-ring (bicyclic) bond motifs is 1. The lowest BCUT2D eigenvalue weighted by molar-refractivity contribution is -0.136. The quantitative estimate of drug-likeness (QED) is 0.513. The van der Waals surface area contributed by atoms with Gasteiger partial charge in [-0.2, -0.15) is 0 Å². The highest BCUT2D eigenvalue weighted by molar-refractivity contribution is 5.93. The summed E-state index contributed by atoms with van der Waals surface area (Å²) in [6.45, 7) is 3.04. The number of nitrogens with zero attached hydrogens (tertiary/aromatic N) is 4. The summed E-state index contributed by atoms with van der Waals surface area (Å²) >= 11 is 0. The summed E-state index contributed by atoms with van der Waals surface area (Å²) in [5, 5.41) is 10.1. The Hall–Kier alpha value is -3.78. The highest BCUT2D eigenvalue weighted by atomic mass is 16.3. The molecule has 2 aromatic carbocycles. The second-order valence-electron chi connectivity index (χ2n) is 8.20. The number of piperazine rings is 1. The van der Waals surface area contributed by atoms with Crippen molar-refractivity contribution in [3.05, 3.63) is 66.0 Å². The first-order chi connectivity index (χ1) is 16.0. The van der Waals surface area contributed by atoms with Crippen molar-refractivity contribution in [2.24, 2.45) is 0 Å². The van der Waals surface area contributed by atoms with Crippen LogP contribution in [0, 0.1) is 0 Å². The molecule has 1 amide bonds. The van der Waals surface area contributed by atoms with Crippen molar-refractivity contribution in [1.29, 1.82) is 0 Å². The molecule has 0 aliphatic carbocycles. The van der Waals surface area contributed by atoms with Crippen LogP contribution in [0.5, 0.6) is 5.75 Å². The summed E-state index contributed by atoms with van der Waals surface area (Å²) in [6.07, 6.45) is 5.90. The van der Waals surface area contributed by atoms with Crippen LogP contribution < -0.4 is 5.73 Å². The first-order valence-electron chi connectivity index (χ1n) is 11.0. The molecule has 0 saturated carbocycles. The molecule has 8 nitrogen and oxygen atoms in total. The van der Waals surface area contributed by atoms with E-state index in [0.29, 0.717) is 44.8 Å². The molecule has 1 aromatic heterocycles. The third kappa shape index (κ3) is 5.93. The second kappa shape index (κ2) is 10.2. The number of ketones is 1. The minimum absolute atomic E-state index is 0.0498. The molecule has 1 aliphatic heterocycles. The molecule has 0 bridgehead atoms. The van der Waals surface area contributed by atoms with Gasteiger partial charge in [-0.05, 0) is 54.4 Å². The molecule has 3 aromatic rings. The van der Waals surface area contributed by atoms with Crippen molar-refractivity contribution in [2.45, 2.75) is 19.4 Å². The van der Waals surface area contributed by atoms with Crippen LogP contribution in [0.1, 0.15) is 24.0 Å². The number of phenolic OH excluding ortho intramolecular Hbond substituents is 1. The average molecular weight is 446 g/mol. The Kier molecular flexibility index (Phi) is 6.95. The van der Waals surface area contributed by atoms with Gasteiger partial charge in [0.2, 0.25) is 5.91 Å². The number of hydrogen-bond acceptors (Lipinski definition) is 7. The Morgan fingerprint density at radius 1 is 1.12 bits per heavy atom. The fourth-order valence-electron chi connectivity index (χ4n) is 3.89. The largest absolute Gasteiger partial charge is 0.508 e. The predicted octanol–water partition coefficient (Wildman–Crippen LogP) is 2.62. The van der Waals surface area contributed by atoms with Crippen LogP contribution in [0.3, 0.4) is 0 Å². The SMILES string of the molecule is Nc1ncnc2cc(CN3CCN(CCCC(=O)C=Cc4ccc(O)cc4)CC3=O)ccc12. The number of aromatic hydroxyl groups is 1. The second-order valence-corrected chi connectivity index (χ2v) is 8.20. The van der Waals surface area contributed by atoms with Crippen LogP contribution in [0.4, 0.5) is 5.82 Å². The molecular weight excluding hydrogens is 418 g/mol. The molecule has 170 valence electrons. The molecule has 2 heterocycles. The lowest BCUT2D eigenvalue weighted by Crippen LogP contribution is -2.50. The zero-order chi connectivity index (χ0) is 23.2. The number of anilines is 1. The highest BCUT2D eigenvalue weighted by Gasteiger charge is 2.23. The molecule has 4 rings (SSSR count). The van der Waals surface area contributed by atoms with Gasteiger partial charge < -0.3 is 15.7 Å². The zero-order valence-corrected chi connectivity index (χ0v) is 18.4. The monoisotopic (exact) mass is 445 g/mol. The third-order valence-corrected chi connectivity index (χ3v) is 5.76. The number of carbonyl (C=O) groups is 2. The summed E-state index contributed by atoms with van der Waals surface area (Å²) < 4.78 is 0. The van der Waals surface area contributed by atoms with E-state index >= 15 is 0 Å². The Bertz CT molecular complexity index is 1180. The number of aromatic nitrogens is 2. The lowest BCUT2D eigenvalue weighted by Gasteiger charge is -2.34. The lowest BCUT2D eigenvalue weighted by atomic mass is 10.1. The smallest absolute Gasteiger partial charge is 0.237 e. The number of carbonyl (C=O) groups excluding carboxylic acids is 2. The first kappa shape index (κ1) is 22.4. The molecule has 0 unspecified atom stereocenters. The van der Waals surface area contributed by atoms with Gasteiger partial charge in [0, 0.05) is 31.4 Å². The van der Waals surface area contributed by atoms with Crippen molar-refractivity contribution < 1.29 is 14.7 Å². The van der Waals surface area contributed by atoms with E-state index in [-0.39, 0.29) is 17.4 Å². The molecule has 1 fully saturated rings. The molecule has 0 radical (unpaired) electrons. The molecular formula is C25H27N5O3. The van der Waals surface area contributed by atoms with E-state index in [1.54, 1.807) is 36.4 Å². The van der Waals surface area contributed by atoms with Gasteiger partial charge in [0.1, 0.15) is 17.9 Å².